The second-order valence-electron chi connectivity index (χ2n) is 6.17. The van der Waals surface area contributed by atoms with E-state index in [9.17, 15) is 19.3 Å². The van der Waals surface area contributed by atoms with Gasteiger partial charge in [0, 0.05) is 13.1 Å². The fraction of sp³-hybridized carbons (Fsp3) is 0.412. The van der Waals surface area contributed by atoms with E-state index >= 15 is 0 Å². The standard InChI is InChI=1S/C17H19FN4O3/c1-4-21-16(14(22(24)25)11(3)19-21)17(23)20-7-5-6-12-8-10(2)9-13(18)15(12)20/h8-9H,4-7H2,1-3H3. The van der Waals surface area contributed by atoms with Gasteiger partial charge in [-0.3, -0.25) is 19.6 Å². The maximum atomic E-state index is 14.6. The zero-order valence-corrected chi connectivity index (χ0v) is 14.4. The Bertz CT molecular complexity index is 875. The molecule has 0 saturated carbocycles. The molecule has 2 heterocycles. The monoisotopic (exact) mass is 346 g/mol. The summed E-state index contributed by atoms with van der Waals surface area (Å²) >= 11 is 0. The molecule has 0 saturated heterocycles. The SMILES string of the molecule is CCn1nc(C)c([N+](=O)[O-])c1C(=O)N1CCCc2cc(C)cc(F)c21. The lowest BCUT2D eigenvalue weighted by Crippen LogP contribution is -2.38. The first kappa shape index (κ1) is 17.1. The van der Waals surface area contributed by atoms with E-state index in [2.05, 4.69) is 5.10 Å². The van der Waals surface area contributed by atoms with E-state index in [1.54, 1.807) is 13.8 Å². The lowest BCUT2D eigenvalue weighted by atomic mass is 9.98. The quantitative estimate of drug-likeness (QED) is 0.631. The Hall–Kier alpha value is -2.77. The van der Waals surface area contributed by atoms with Gasteiger partial charge in [-0.05, 0) is 50.8 Å². The van der Waals surface area contributed by atoms with Crippen LogP contribution < -0.4 is 4.90 Å². The average molecular weight is 346 g/mol. The lowest BCUT2D eigenvalue weighted by Gasteiger charge is -2.30. The fourth-order valence-electron chi connectivity index (χ4n) is 3.40. The summed E-state index contributed by atoms with van der Waals surface area (Å²) in [6, 6.07) is 3.23. The number of aromatic nitrogens is 2. The predicted octanol–water partition coefficient (Wildman–Crippen LogP) is 3.16. The van der Waals surface area contributed by atoms with Gasteiger partial charge >= 0.3 is 5.69 Å². The summed E-state index contributed by atoms with van der Waals surface area (Å²) in [5, 5.41) is 15.5. The molecule has 25 heavy (non-hydrogen) atoms. The number of nitro groups is 1. The average Bonchev–Trinajstić information content (AvgIpc) is 2.89. The molecule has 132 valence electrons. The summed E-state index contributed by atoms with van der Waals surface area (Å²) in [5.74, 6) is -1.07. The Morgan fingerprint density at radius 2 is 2.12 bits per heavy atom. The highest BCUT2D eigenvalue weighted by Gasteiger charge is 2.36. The second kappa shape index (κ2) is 6.27. The molecule has 1 amide bonds. The molecule has 0 radical (unpaired) electrons. The van der Waals surface area contributed by atoms with Gasteiger partial charge < -0.3 is 4.90 Å². The van der Waals surface area contributed by atoms with Crippen LogP contribution in [0.1, 0.15) is 40.7 Å². The Morgan fingerprint density at radius 1 is 1.40 bits per heavy atom. The van der Waals surface area contributed by atoms with Crippen LogP contribution in [-0.4, -0.2) is 27.2 Å². The number of nitrogens with zero attached hydrogens (tertiary/aromatic N) is 4. The number of hydrogen-bond donors (Lipinski definition) is 0. The van der Waals surface area contributed by atoms with Crippen molar-refractivity contribution in [3.63, 3.8) is 0 Å². The molecule has 1 aliphatic heterocycles. The third kappa shape index (κ3) is 2.77. The predicted molar refractivity (Wildman–Crippen MR) is 90.4 cm³/mol. The van der Waals surface area contributed by atoms with Crippen molar-refractivity contribution in [3.8, 4) is 0 Å². The molecule has 8 heteroatoms. The molecule has 1 aromatic carbocycles. The van der Waals surface area contributed by atoms with Crippen LogP contribution in [0.25, 0.3) is 0 Å². The zero-order chi connectivity index (χ0) is 18.3. The highest BCUT2D eigenvalue weighted by atomic mass is 19.1. The number of amides is 1. The number of carbonyl (C=O) groups is 1. The Labute approximate surface area is 144 Å². The van der Waals surface area contributed by atoms with E-state index in [-0.39, 0.29) is 22.8 Å². The molecule has 7 nitrogen and oxygen atoms in total. The minimum absolute atomic E-state index is 0.0992. The molecule has 2 aromatic rings. The Morgan fingerprint density at radius 3 is 2.76 bits per heavy atom. The van der Waals surface area contributed by atoms with E-state index in [1.165, 1.54) is 22.6 Å². The van der Waals surface area contributed by atoms with Gasteiger partial charge in [-0.25, -0.2) is 4.39 Å². The third-order valence-electron chi connectivity index (χ3n) is 4.41. The van der Waals surface area contributed by atoms with E-state index in [4.69, 9.17) is 0 Å². The molecule has 0 unspecified atom stereocenters. The first-order chi connectivity index (χ1) is 11.8. The van der Waals surface area contributed by atoms with Gasteiger partial charge in [0.2, 0.25) is 5.69 Å². The van der Waals surface area contributed by atoms with Crippen molar-refractivity contribution >= 4 is 17.3 Å². The normalized spacial score (nSPS) is 13.7. The summed E-state index contributed by atoms with van der Waals surface area (Å²) in [5.41, 5.74) is 1.52. The van der Waals surface area contributed by atoms with Gasteiger partial charge in [0.1, 0.15) is 11.5 Å². The van der Waals surface area contributed by atoms with Crippen molar-refractivity contribution in [1.82, 2.24) is 9.78 Å². The van der Waals surface area contributed by atoms with Crippen molar-refractivity contribution in [2.24, 2.45) is 0 Å². The number of aryl methyl sites for hydroxylation is 4. The Balaban J connectivity index is 2.15. The van der Waals surface area contributed by atoms with Crippen molar-refractivity contribution in [3.05, 3.63) is 50.6 Å². The van der Waals surface area contributed by atoms with Gasteiger partial charge in [-0.15, -0.1) is 0 Å². The molecule has 1 aromatic heterocycles. The maximum absolute atomic E-state index is 14.6. The van der Waals surface area contributed by atoms with Gasteiger partial charge in [0.25, 0.3) is 5.91 Å². The molecule has 0 N–H and O–H groups in total. The molecule has 0 spiro atoms. The molecular formula is C17H19FN4O3. The summed E-state index contributed by atoms with van der Waals surface area (Å²) in [6.07, 6.45) is 1.35. The van der Waals surface area contributed by atoms with Gasteiger partial charge in [-0.2, -0.15) is 5.10 Å². The number of fused-ring (bicyclic) bond motifs is 1. The lowest BCUT2D eigenvalue weighted by molar-refractivity contribution is -0.385. The summed E-state index contributed by atoms with van der Waals surface area (Å²) in [7, 11) is 0. The van der Waals surface area contributed by atoms with Crippen molar-refractivity contribution < 1.29 is 14.1 Å². The highest BCUT2D eigenvalue weighted by Crippen LogP contribution is 2.34. The van der Waals surface area contributed by atoms with E-state index in [1.807, 2.05) is 6.07 Å². The number of anilines is 1. The Kier molecular flexibility index (Phi) is 4.28. The number of benzene rings is 1. The first-order valence-corrected chi connectivity index (χ1v) is 8.17. The van der Waals surface area contributed by atoms with E-state index in [0.29, 0.717) is 25.9 Å². The minimum Gasteiger partial charge on any atom is -0.304 e. The van der Waals surface area contributed by atoms with Crippen molar-refractivity contribution in [1.29, 1.82) is 0 Å². The summed E-state index contributed by atoms with van der Waals surface area (Å²) in [4.78, 5) is 25.2. The number of rotatable bonds is 3. The van der Waals surface area contributed by atoms with Gasteiger partial charge in [0.05, 0.1) is 10.6 Å². The molecule has 0 aliphatic carbocycles. The van der Waals surface area contributed by atoms with Gasteiger partial charge in [0.15, 0.2) is 0 Å². The van der Waals surface area contributed by atoms with Crippen LogP contribution >= 0.6 is 0 Å². The number of carbonyl (C=O) groups excluding carboxylic acids is 1. The molecule has 1 aliphatic rings. The topological polar surface area (TPSA) is 81.3 Å². The number of halogens is 1. The third-order valence-corrected chi connectivity index (χ3v) is 4.41. The van der Waals surface area contributed by atoms with Gasteiger partial charge in [-0.1, -0.05) is 6.07 Å². The highest BCUT2D eigenvalue weighted by molar-refractivity contribution is 6.08. The maximum Gasteiger partial charge on any atom is 0.322 e. The van der Waals surface area contributed by atoms with Crippen molar-refractivity contribution in [2.75, 3.05) is 11.4 Å². The van der Waals surface area contributed by atoms with Crippen LogP contribution in [0.15, 0.2) is 12.1 Å². The van der Waals surface area contributed by atoms with Crippen molar-refractivity contribution in [2.45, 2.75) is 40.2 Å². The smallest absolute Gasteiger partial charge is 0.304 e. The van der Waals surface area contributed by atoms with Crippen LogP contribution in [0, 0.1) is 29.8 Å². The van der Waals surface area contributed by atoms with Crippen LogP contribution in [0.3, 0.4) is 0 Å². The van der Waals surface area contributed by atoms with E-state index in [0.717, 1.165) is 11.1 Å². The molecular weight excluding hydrogens is 327 g/mol. The molecule has 0 bridgehead atoms. The van der Waals surface area contributed by atoms with Crippen LogP contribution in [0.2, 0.25) is 0 Å². The molecule has 0 fully saturated rings. The second-order valence-corrected chi connectivity index (χ2v) is 6.17. The summed E-state index contributed by atoms with van der Waals surface area (Å²) < 4.78 is 15.9. The summed E-state index contributed by atoms with van der Waals surface area (Å²) in [6.45, 7) is 5.67. The number of hydrogen-bond acceptors (Lipinski definition) is 4. The molecule has 0 atom stereocenters. The molecule has 3 rings (SSSR count). The largest absolute Gasteiger partial charge is 0.322 e. The minimum atomic E-state index is -0.599. The van der Waals surface area contributed by atoms with Crippen LogP contribution in [0.4, 0.5) is 15.8 Å². The zero-order valence-electron chi connectivity index (χ0n) is 14.4. The van der Waals surface area contributed by atoms with E-state index < -0.39 is 16.6 Å². The first-order valence-electron chi connectivity index (χ1n) is 8.17. The fourth-order valence-corrected chi connectivity index (χ4v) is 3.40. The van der Waals surface area contributed by atoms with Crippen LogP contribution in [-0.2, 0) is 13.0 Å². The van der Waals surface area contributed by atoms with Crippen LogP contribution in [0.5, 0.6) is 0 Å².